The van der Waals surface area contributed by atoms with Gasteiger partial charge in [0.05, 0.1) is 5.02 Å². The Balaban J connectivity index is 2.53. The maximum absolute atomic E-state index is 13.1. The molecule has 0 fully saturated rings. The molecule has 0 heterocycles. The molecule has 1 aromatic rings. The lowest BCUT2D eigenvalue weighted by Crippen LogP contribution is -2.31. The van der Waals surface area contributed by atoms with E-state index in [2.05, 4.69) is 38.2 Å². The van der Waals surface area contributed by atoms with Crippen LogP contribution in [0.2, 0.25) is 5.02 Å². The minimum Gasteiger partial charge on any atom is -0.309 e. The van der Waals surface area contributed by atoms with Gasteiger partial charge in [-0.3, -0.25) is 0 Å². The lowest BCUT2D eigenvalue weighted by atomic mass is 10.1. The molecule has 0 aliphatic heterocycles. The second-order valence-corrected chi connectivity index (χ2v) is 5.46. The van der Waals surface area contributed by atoms with E-state index >= 15 is 0 Å². The Morgan fingerprint density at radius 1 is 1.33 bits per heavy atom. The molecule has 0 amide bonds. The SMILES string of the molecule is CC(CCN(C)C)NC(C)c1ccc(F)c(Cl)c1. The van der Waals surface area contributed by atoms with Gasteiger partial charge in [0.25, 0.3) is 0 Å². The van der Waals surface area contributed by atoms with Gasteiger partial charge in [0.1, 0.15) is 5.82 Å². The van der Waals surface area contributed by atoms with Gasteiger partial charge in [-0.1, -0.05) is 17.7 Å². The average Bonchev–Trinajstić information content (AvgIpc) is 2.30. The Hall–Kier alpha value is -0.640. The Morgan fingerprint density at radius 3 is 2.56 bits per heavy atom. The summed E-state index contributed by atoms with van der Waals surface area (Å²) in [6.07, 6.45) is 1.08. The highest BCUT2D eigenvalue weighted by atomic mass is 35.5. The van der Waals surface area contributed by atoms with E-state index < -0.39 is 0 Å². The van der Waals surface area contributed by atoms with Crippen molar-refractivity contribution in [3.05, 3.63) is 34.6 Å². The van der Waals surface area contributed by atoms with Crippen LogP contribution in [0.5, 0.6) is 0 Å². The Labute approximate surface area is 114 Å². The molecule has 0 saturated carbocycles. The molecule has 0 saturated heterocycles. The van der Waals surface area contributed by atoms with E-state index in [4.69, 9.17) is 11.6 Å². The van der Waals surface area contributed by atoms with Crippen molar-refractivity contribution in [1.82, 2.24) is 10.2 Å². The Kier molecular flexibility index (Phi) is 6.06. The normalized spacial score (nSPS) is 14.8. The molecule has 0 aromatic heterocycles. The third kappa shape index (κ3) is 4.92. The van der Waals surface area contributed by atoms with Crippen molar-refractivity contribution in [2.45, 2.75) is 32.4 Å². The van der Waals surface area contributed by atoms with Crippen LogP contribution in [0.15, 0.2) is 18.2 Å². The summed E-state index contributed by atoms with van der Waals surface area (Å²) >= 11 is 5.79. The zero-order valence-corrected chi connectivity index (χ0v) is 12.3. The zero-order valence-electron chi connectivity index (χ0n) is 11.5. The van der Waals surface area contributed by atoms with E-state index in [0.717, 1.165) is 18.5 Å². The van der Waals surface area contributed by atoms with Gasteiger partial charge in [0.15, 0.2) is 0 Å². The molecule has 1 aromatic carbocycles. The summed E-state index contributed by atoms with van der Waals surface area (Å²) in [6.45, 7) is 5.27. The average molecular weight is 273 g/mol. The fraction of sp³-hybridized carbons (Fsp3) is 0.571. The molecule has 102 valence electrons. The number of nitrogens with zero attached hydrogens (tertiary/aromatic N) is 1. The van der Waals surface area contributed by atoms with Crippen LogP contribution in [-0.2, 0) is 0 Å². The minimum atomic E-state index is -0.367. The third-order valence-corrected chi connectivity index (χ3v) is 3.28. The second kappa shape index (κ2) is 7.07. The summed E-state index contributed by atoms with van der Waals surface area (Å²) in [5.74, 6) is -0.367. The second-order valence-electron chi connectivity index (χ2n) is 5.05. The monoisotopic (exact) mass is 272 g/mol. The van der Waals surface area contributed by atoms with Crippen LogP contribution >= 0.6 is 11.6 Å². The Bertz CT molecular complexity index is 382. The first-order chi connectivity index (χ1) is 8.40. The summed E-state index contributed by atoms with van der Waals surface area (Å²) in [5, 5.41) is 3.67. The summed E-state index contributed by atoms with van der Waals surface area (Å²) in [5.41, 5.74) is 1.01. The highest BCUT2D eigenvalue weighted by Gasteiger charge is 2.11. The van der Waals surface area contributed by atoms with Gasteiger partial charge in [-0.25, -0.2) is 4.39 Å². The molecule has 2 nitrogen and oxygen atoms in total. The smallest absolute Gasteiger partial charge is 0.141 e. The van der Waals surface area contributed by atoms with Crippen LogP contribution in [0.4, 0.5) is 4.39 Å². The molecule has 1 N–H and O–H groups in total. The predicted molar refractivity (Wildman–Crippen MR) is 75.6 cm³/mol. The summed E-state index contributed by atoms with van der Waals surface area (Å²) in [7, 11) is 4.13. The molecular weight excluding hydrogens is 251 g/mol. The van der Waals surface area contributed by atoms with Gasteiger partial charge < -0.3 is 10.2 Å². The lowest BCUT2D eigenvalue weighted by Gasteiger charge is -2.22. The van der Waals surface area contributed by atoms with Crippen molar-refractivity contribution in [3.63, 3.8) is 0 Å². The summed E-state index contributed by atoms with van der Waals surface area (Å²) < 4.78 is 13.1. The van der Waals surface area contributed by atoms with Crippen molar-refractivity contribution >= 4 is 11.6 Å². The first-order valence-corrected chi connectivity index (χ1v) is 6.63. The van der Waals surface area contributed by atoms with Crippen molar-refractivity contribution in [2.24, 2.45) is 0 Å². The van der Waals surface area contributed by atoms with Crippen LogP contribution in [-0.4, -0.2) is 31.6 Å². The molecule has 18 heavy (non-hydrogen) atoms. The van der Waals surface area contributed by atoms with E-state index in [1.54, 1.807) is 12.1 Å². The Morgan fingerprint density at radius 2 is 2.00 bits per heavy atom. The van der Waals surface area contributed by atoms with Crippen LogP contribution < -0.4 is 5.32 Å². The largest absolute Gasteiger partial charge is 0.309 e. The molecule has 2 atom stereocenters. The molecule has 0 aliphatic rings. The number of hydrogen-bond donors (Lipinski definition) is 1. The molecule has 0 spiro atoms. The molecule has 0 radical (unpaired) electrons. The summed E-state index contributed by atoms with van der Waals surface area (Å²) in [6, 6.07) is 5.46. The van der Waals surface area contributed by atoms with Gasteiger partial charge in [0, 0.05) is 12.1 Å². The van der Waals surface area contributed by atoms with Crippen molar-refractivity contribution in [2.75, 3.05) is 20.6 Å². The number of halogens is 2. The minimum absolute atomic E-state index is 0.167. The van der Waals surface area contributed by atoms with Crippen LogP contribution in [0.1, 0.15) is 31.9 Å². The van der Waals surface area contributed by atoms with Crippen LogP contribution in [0, 0.1) is 5.82 Å². The number of nitrogens with one attached hydrogen (secondary N) is 1. The number of rotatable bonds is 6. The molecular formula is C14H22ClFN2. The fourth-order valence-corrected chi connectivity index (χ4v) is 2.03. The number of benzene rings is 1. The van der Waals surface area contributed by atoms with Crippen molar-refractivity contribution in [3.8, 4) is 0 Å². The topological polar surface area (TPSA) is 15.3 Å². The fourth-order valence-electron chi connectivity index (χ4n) is 1.84. The molecule has 4 heteroatoms. The first kappa shape index (κ1) is 15.4. The lowest BCUT2D eigenvalue weighted by molar-refractivity contribution is 0.354. The van der Waals surface area contributed by atoms with E-state index in [-0.39, 0.29) is 16.9 Å². The van der Waals surface area contributed by atoms with Gasteiger partial charge in [0.2, 0.25) is 0 Å². The van der Waals surface area contributed by atoms with E-state index in [9.17, 15) is 4.39 Å². The zero-order chi connectivity index (χ0) is 13.7. The van der Waals surface area contributed by atoms with Gasteiger partial charge in [-0.2, -0.15) is 0 Å². The summed E-state index contributed by atoms with van der Waals surface area (Å²) in [4.78, 5) is 2.16. The third-order valence-electron chi connectivity index (χ3n) is 2.99. The van der Waals surface area contributed by atoms with Gasteiger partial charge in [-0.05, 0) is 58.6 Å². The van der Waals surface area contributed by atoms with E-state index in [1.165, 1.54) is 6.07 Å². The first-order valence-electron chi connectivity index (χ1n) is 6.26. The van der Waals surface area contributed by atoms with Gasteiger partial charge >= 0.3 is 0 Å². The molecule has 1 rings (SSSR count). The molecule has 2 unspecified atom stereocenters. The molecule has 0 bridgehead atoms. The quantitative estimate of drug-likeness (QED) is 0.853. The van der Waals surface area contributed by atoms with E-state index in [0.29, 0.717) is 6.04 Å². The standard InChI is InChI=1S/C14H22ClFN2/c1-10(7-8-18(3)4)17-11(2)12-5-6-14(16)13(15)9-12/h5-6,9-11,17H,7-8H2,1-4H3. The van der Waals surface area contributed by atoms with Gasteiger partial charge in [-0.15, -0.1) is 0 Å². The van der Waals surface area contributed by atoms with Crippen molar-refractivity contribution < 1.29 is 4.39 Å². The highest BCUT2D eigenvalue weighted by Crippen LogP contribution is 2.21. The number of hydrogen-bond acceptors (Lipinski definition) is 2. The highest BCUT2D eigenvalue weighted by molar-refractivity contribution is 6.30. The van der Waals surface area contributed by atoms with Crippen LogP contribution in [0.25, 0.3) is 0 Å². The van der Waals surface area contributed by atoms with Crippen molar-refractivity contribution in [1.29, 1.82) is 0 Å². The van der Waals surface area contributed by atoms with Crippen LogP contribution in [0.3, 0.4) is 0 Å². The maximum atomic E-state index is 13.1. The maximum Gasteiger partial charge on any atom is 0.141 e. The molecule has 0 aliphatic carbocycles. The predicted octanol–water partition coefficient (Wildman–Crippen LogP) is 3.47. The van der Waals surface area contributed by atoms with E-state index in [1.807, 2.05) is 0 Å².